The number of hydrogen-bond donors (Lipinski definition) is 1. The lowest BCUT2D eigenvalue weighted by Gasteiger charge is -2.44. The molecule has 37 heavy (non-hydrogen) atoms. The minimum atomic E-state index is -4.95. The number of aliphatic hydroxyl groups excluding tert-OH is 1. The molecule has 3 nitrogen and oxygen atoms in total. The molecule has 206 valence electrons. The number of ether oxygens (including phenoxy) is 1. The van der Waals surface area contributed by atoms with E-state index in [2.05, 4.69) is 6.92 Å². The van der Waals surface area contributed by atoms with Crippen molar-refractivity contribution in [1.29, 1.82) is 0 Å². The van der Waals surface area contributed by atoms with Gasteiger partial charge in [0, 0.05) is 19.0 Å². The molecule has 1 aliphatic carbocycles. The van der Waals surface area contributed by atoms with Gasteiger partial charge in [-0.1, -0.05) is 19.1 Å². The van der Waals surface area contributed by atoms with Crippen LogP contribution in [0.15, 0.2) is 42.5 Å². The highest BCUT2D eigenvalue weighted by molar-refractivity contribution is 5.35. The Hall–Kier alpha value is -2.17. The van der Waals surface area contributed by atoms with Gasteiger partial charge in [0.15, 0.2) is 0 Å². The standard InChI is InChI=1S/C27H32F7NO2/c1-16-4-9-24(25(18-5-7-22(28)8-6-18)23(16)15-35(3)10-11-36)37-17(2)19-12-20(26(29,30)31)14-21(13-19)27(32,33)34/h5-8,12-14,16-17,23-25,36H,4,9-11,15H2,1-3H3/t16-,17-,23-,24+,25+/m1/s1. The first kappa shape index (κ1) is 29.4. The fourth-order valence-electron chi connectivity index (χ4n) is 5.22. The number of benzene rings is 2. The maximum Gasteiger partial charge on any atom is 0.416 e. The molecule has 1 aliphatic rings. The topological polar surface area (TPSA) is 32.7 Å². The van der Waals surface area contributed by atoms with Gasteiger partial charge in [-0.25, -0.2) is 4.39 Å². The zero-order valence-corrected chi connectivity index (χ0v) is 20.9. The minimum absolute atomic E-state index is 0.000191. The molecule has 0 heterocycles. The van der Waals surface area contributed by atoms with E-state index in [0.29, 0.717) is 31.6 Å². The summed E-state index contributed by atoms with van der Waals surface area (Å²) in [5.41, 5.74) is -2.20. The summed E-state index contributed by atoms with van der Waals surface area (Å²) in [5, 5.41) is 9.33. The molecule has 2 aromatic carbocycles. The largest absolute Gasteiger partial charge is 0.416 e. The second kappa shape index (κ2) is 11.7. The smallest absolute Gasteiger partial charge is 0.395 e. The summed E-state index contributed by atoms with van der Waals surface area (Å²) in [6, 6.07) is 7.44. The lowest BCUT2D eigenvalue weighted by atomic mass is 9.68. The molecule has 0 spiro atoms. The molecule has 1 saturated carbocycles. The molecule has 0 aliphatic heterocycles. The molecule has 1 N–H and O–H groups in total. The Kier molecular flexibility index (Phi) is 9.29. The molecule has 0 aromatic heterocycles. The number of rotatable bonds is 8. The maximum absolute atomic E-state index is 13.7. The van der Waals surface area contributed by atoms with Crippen LogP contribution >= 0.6 is 0 Å². The number of alkyl halides is 6. The highest BCUT2D eigenvalue weighted by atomic mass is 19.4. The molecule has 0 radical (unpaired) electrons. The SMILES string of the molecule is C[C@@H]1CC[C@H](O[C@H](C)c2cc(C(F)(F)F)cc(C(F)(F)F)c2)[C@@H](c2ccc(F)cc2)[C@@H]1CN(C)CCO. The Morgan fingerprint density at radius 3 is 2.05 bits per heavy atom. The van der Waals surface area contributed by atoms with E-state index in [-0.39, 0.29) is 36.0 Å². The lowest BCUT2D eigenvalue weighted by molar-refractivity contribution is -0.143. The number of likely N-dealkylation sites (N-methyl/N-ethyl adjacent to an activating group) is 1. The Balaban J connectivity index is 1.97. The van der Waals surface area contributed by atoms with Crippen molar-refractivity contribution < 1.29 is 40.6 Å². The molecule has 0 unspecified atom stereocenters. The van der Waals surface area contributed by atoms with Gasteiger partial charge in [0.25, 0.3) is 0 Å². The number of hydrogen-bond acceptors (Lipinski definition) is 3. The second-order valence-electron chi connectivity index (χ2n) is 9.94. The molecule has 2 aromatic rings. The molecule has 0 saturated heterocycles. The van der Waals surface area contributed by atoms with Gasteiger partial charge in [-0.15, -0.1) is 0 Å². The quantitative estimate of drug-likeness (QED) is 0.367. The first-order valence-corrected chi connectivity index (χ1v) is 12.2. The van der Waals surface area contributed by atoms with Crippen LogP contribution in [0.1, 0.15) is 61.0 Å². The summed E-state index contributed by atoms with van der Waals surface area (Å²) < 4.78 is 100. The van der Waals surface area contributed by atoms with Crippen LogP contribution in [0.5, 0.6) is 0 Å². The zero-order chi connectivity index (χ0) is 27.5. The Morgan fingerprint density at radius 1 is 0.973 bits per heavy atom. The Labute approximate surface area is 212 Å². The third-order valence-electron chi connectivity index (χ3n) is 7.22. The highest BCUT2D eigenvalue weighted by Gasteiger charge is 2.41. The molecule has 10 heteroatoms. The number of aliphatic hydroxyl groups is 1. The van der Waals surface area contributed by atoms with Crippen molar-refractivity contribution in [2.75, 3.05) is 26.7 Å². The number of nitrogens with zero attached hydrogens (tertiary/aromatic N) is 1. The van der Waals surface area contributed by atoms with E-state index in [4.69, 9.17) is 4.74 Å². The van der Waals surface area contributed by atoms with Crippen molar-refractivity contribution in [3.8, 4) is 0 Å². The molecular formula is C27H32F7NO2. The summed E-state index contributed by atoms with van der Waals surface area (Å²) in [5.74, 6) is -0.478. The van der Waals surface area contributed by atoms with Crippen LogP contribution in [-0.4, -0.2) is 42.9 Å². The summed E-state index contributed by atoms with van der Waals surface area (Å²) in [7, 11) is 1.86. The van der Waals surface area contributed by atoms with Gasteiger partial charge in [0.1, 0.15) is 5.82 Å². The van der Waals surface area contributed by atoms with Crippen LogP contribution in [0.2, 0.25) is 0 Å². The highest BCUT2D eigenvalue weighted by Crippen LogP contribution is 2.45. The van der Waals surface area contributed by atoms with Gasteiger partial charge in [0.05, 0.1) is 29.9 Å². The van der Waals surface area contributed by atoms with Crippen molar-refractivity contribution in [3.63, 3.8) is 0 Å². The van der Waals surface area contributed by atoms with E-state index in [1.807, 2.05) is 11.9 Å². The molecule has 5 atom stereocenters. The van der Waals surface area contributed by atoms with Crippen LogP contribution < -0.4 is 0 Å². The zero-order valence-electron chi connectivity index (χ0n) is 20.9. The maximum atomic E-state index is 13.7. The van der Waals surface area contributed by atoms with E-state index in [1.54, 1.807) is 12.1 Å². The third kappa shape index (κ3) is 7.45. The summed E-state index contributed by atoms with van der Waals surface area (Å²) >= 11 is 0. The van der Waals surface area contributed by atoms with E-state index < -0.39 is 41.5 Å². The van der Waals surface area contributed by atoms with E-state index in [0.717, 1.165) is 12.0 Å². The van der Waals surface area contributed by atoms with Crippen LogP contribution in [0, 0.1) is 17.7 Å². The van der Waals surface area contributed by atoms with Gasteiger partial charge in [-0.05, 0) is 80.1 Å². The molecule has 0 bridgehead atoms. The lowest BCUT2D eigenvalue weighted by Crippen LogP contribution is -2.43. The predicted octanol–water partition coefficient (Wildman–Crippen LogP) is 7.06. The summed E-state index contributed by atoms with van der Waals surface area (Å²) in [4.78, 5) is 1.96. The first-order valence-electron chi connectivity index (χ1n) is 12.2. The van der Waals surface area contributed by atoms with Crippen molar-refractivity contribution in [3.05, 3.63) is 70.5 Å². The van der Waals surface area contributed by atoms with Gasteiger partial charge in [0.2, 0.25) is 0 Å². The fraction of sp³-hybridized carbons (Fsp3) is 0.556. The van der Waals surface area contributed by atoms with E-state index in [1.165, 1.54) is 19.1 Å². The van der Waals surface area contributed by atoms with Crippen molar-refractivity contribution in [2.45, 2.75) is 57.2 Å². The van der Waals surface area contributed by atoms with Crippen molar-refractivity contribution in [1.82, 2.24) is 4.90 Å². The van der Waals surface area contributed by atoms with Crippen LogP contribution in [0.3, 0.4) is 0 Å². The first-order chi connectivity index (χ1) is 17.2. The van der Waals surface area contributed by atoms with Gasteiger partial charge >= 0.3 is 12.4 Å². The molecule has 1 fully saturated rings. The average molecular weight is 536 g/mol. The van der Waals surface area contributed by atoms with E-state index >= 15 is 0 Å². The monoisotopic (exact) mass is 535 g/mol. The van der Waals surface area contributed by atoms with E-state index in [9.17, 15) is 35.8 Å². The van der Waals surface area contributed by atoms with Crippen LogP contribution in [-0.2, 0) is 17.1 Å². The normalized spacial score (nSPS) is 23.9. The van der Waals surface area contributed by atoms with Gasteiger partial charge in [-0.3, -0.25) is 0 Å². The number of halogens is 7. The molecule has 3 rings (SSSR count). The average Bonchev–Trinajstić information content (AvgIpc) is 2.81. The second-order valence-corrected chi connectivity index (χ2v) is 9.94. The fourth-order valence-corrected chi connectivity index (χ4v) is 5.22. The predicted molar refractivity (Wildman–Crippen MR) is 125 cm³/mol. The van der Waals surface area contributed by atoms with Gasteiger partial charge < -0.3 is 14.7 Å². The third-order valence-corrected chi connectivity index (χ3v) is 7.22. The summed E-state index contributed by atoms with van der Waals surface area (Å²) in [6.45, 7) is 4.51. The van der Waals surface area contributed by atoms with Crippen LogP contribution in [0.4, 0.5) is 30.7 Å². The minimum Gasteiger partial charge on any atom is -0.395 e. The summed E-state index contributed by atoms with van der Waals surface area (Å²) in [6.07, 6.45) is -10.2. The van der Waals surface area contributed by atoms with Crippen molar-refractivity contribution in [2.24, 2.45) is 11.8 Å². The van der Waals surface area contributed by atoms with Crippen LogP contribution in [0.25, 0.3) is 0 Å². The Morgan fingerprint density at radius 2 is 1.54 bits per heavy atom. The molecule has 0 amide bonds. The molecular weight excluding hydrogens is 503 g/mol. The van der Waals surface area contributed by atoms with Gasteiger partial charge in [-0.2, -0.15) is 26.3 Å². The van der Waals surface area contributed by atoms with Crippen molar-refractivity contribution >= 4 is 0 Å². The Bertz CT molecular complexity index is 991.